The van der Waals surface area contributed by atoms with Crippen LogP contribution in [0.5, 0.6) is 0 Å². The summed E-state index contributed by atoms with van der Waals surface area (Å²) in [7, 11) is 0. The summed E-state index contributed by atoms with van der Waals surface area (Å²) >= 11 is 1.97. The largest absolute Gasteiger partial charge is 0.384 e. The molecule has 1 heterocycles. The number of hydrogen-bond acceptors (Lipinski definition) is 3. The molecular weight excluding hydrogens is 235 g/mol. The molecule has 0 amide bonds. The van der Waals surface area contributed by atoms with Gasteiger partial charge in [-0.15, -0.1) is 0 Å². The predicted octanol–water partition coefficient (Wildman–Crippen LogP) is 3.39. The van der Waals surface area contributed by atoms with Gasteiger partial charge in [-0.05, 0) is 43.7 Å². The van der Waals surface area contributed by atoms with Gasteiger partial charge >= 0.3 is 0 Å². The number of nitrogens with zero attached hydrogens (tertiary/aromatic N) is 1. The van der Waals surface area contributed by atoms with Gasteiger partial charge < -0.3 is 5.32 Å². The molecular formula is C13H15FN2S. The lowest BCUT2D eigenvalue weighted by Gasteiger charge is -2.23. The van der Waals surface area contributed by atoms with Gasteiger partial charge in [0.2, 0.25) is 0 Å². The van der Waals surface area contributed by atoms with Crippen LogP contribution in [0.2, 0.25) is 0 Å². The first-order chi connectivity index (χ1) is 8.13. The zero-order valence-corrected chi connectivity index (χ0v) is 10.6. The summed E-state index contributed by atoms with van der Waals surface area (Å²) in [6.45, 7) is 3.07. The van der Waals surface area contributed by atoms with E-state index in [4.69, 9.17) is 5.26 Å². The number of benzene rings is 1. The van der Waals surface area contributed by atoms with Crippen LogP contribution in [0, 0.1) is 17.1 Å². The van der Waals surface area contributed by atoms with Gasteiger partial charge in [0.25, 0.3) is 0 Å². The van der Waals surface area contributed by atoms with E-state index in [0.29, 0.717) is 0 Å². The monoisotopic (exact) mass is 250 g/mol. The molecule has 1 saturated heterocycles. The third kappa shape index (κ3) is 2.92. The minimum atomic E-state index is -0.457. The van der Waals surface area contributed by atoms with E-state index >= 15 is 0 Å². The van der Waals surface area contributed by atoms with E-state index in [0.717, 1.165) is 12.2 Å². The van der Waals surface area contributed by atoms with Crippen LogP contribution in [0.25, 0.3) is 0 Å². The van der Waals surface area contributed by atoms with Crippen LogP contribution in [0.3, 0.4) is 0 Å². The van der Waals surface area contributed by atoms with Gasteiger partial charge in [0, 0.05) is 17.0 Å². The summed E-state index contributed by atoms with van der Waals surface area (Å²) in [5.41, 5.74) is 0.840. The van der Waals surface area contributed by atoms with Crippen LogP contribution in [-0.2, 0) is 0 Å². The summed E-state index contributed by atoms with van der Waals surface area (Å²) in [5, 5.41) is 11.9. The fourth-order valence-electron chi connectivity index (χ4n) is 1.98. The molecule has 1 aromatic carbocycles. The van der Waals surface area contributed by atoms with Crippen molar-refractivity contribution in [2.45, 2.75) is 24.5 Å². The molecule has 0 aliphatic carbocycles. The molecule has 17 heavy (non-hydrogen) atoms. The van der Waals surface area contributed by atoms with Crippen molar-refractivity contribution in [1.82, 2.24) is 0 Å². The minimum absolute atomic E-state index is 0.0944. The van der Waals surface area contributed by atoms with E-state index in [1.165, 1.54) is 30.7 Å². The molecule has 0 spiro atoms. The summed E-state index contributed by atoms with van der Waals surface area (Å²) in [4.78, 5) is 0. The van der Waals surface area contributed by atoms with E-state index in [1.54, 1.807) is 6.07 Å². The van der Waals surface area contributed by atoms with Gasteiger partial charge in [0.1, 0.15) is 11.9 Å². The maximum atomic E-state index is 13.4. The van der Waals surface area contributed by atoms with Crippen molar-refractivity contribution in [3.8, 4) is 6.07 Å². The smallest absolute Gasteiger partial charge is 0.143 e. The van der Waals surface area contributed by atoms with Crippen molar-refractivity contribution >= 4 is 17.4 Å². The number of halogens is 1. The highest BCUT2D eigenvalue weighted by Crippen LogP contribution is 2.37. The van der Waals surface area contributed by atoms with Crippen molar-refractivity contribution in [3.05, 3.63) is 29.6 Å². The average molecular weight is 250 g/mol. The summed E-state index contributed by atoms with van der Waals surface area (Å²) in [6, 6.07) is 6.48. The quantitative estimate of drug-likeness (QED) is 0.893. The zero-order chi connectivity index (χ0) is 12.3. The molecule has 1 N–H and O–H groups in total. The molecule has 2 rings (SSSR count). The Kier molecular flexibility index (Phi) is 3.58. The Morgan fingerprint density at radius 1 is 1.59 bits per heavy atom. The highest BCUT2D eigenvalue weighted by molar-refractivity contribution is 8.00. The SMILES string of the molecule is CC1(CNc2ccc(C#N)c(F)c2)CCCS1. The molecule has 0 bridgehead atoms. The number of nitrogens with one attached hydrogen (secondary N) is 1. The third-order valence-electron chi connectivity index (χ3n) is 3.06. The second kappa shape index (κ2) is 4.97. The van der Waals surface area contributed by atoms with Gasteiger partial charge in [-0.25, -0.2) is 4.39 Å². The fraction of sp³-hybridized carbons (Fsp3) is 0.462. The molecule has 4 heteroatoms. The van der Waals surface area contributed by atoms with E-state index in [2.05, 4.69) is 12.2 Å². The highest BCUT2D eigenvalue weighted by atomic mass is 32.2. The first-order valence-corrected chi connectivity index (χ1v) is 6.69. The average Bonchev–Trinajstić information content (AvgIpc) is 2.74. The second-order valence-corrected chi connectivity index (χ2v) is 6.24. The van der Waals surface area contributed by atoms with Crippen LogP contribution in [0.4, 0.5) is 10.1 Å². The van der Waals surface area contributed by atoms with Crippen molar-refractivity contribution in [2.75, 3.05) is 17.6 Å². The lowest BCUT2D eigenvalue weighted by Crippen LogP contribution is -2.27. The van der Waals surface area contributed by atoms with Crippen LogP contribution in [0.1, 0.15) is 25.3 Å². The van der Waals surface area contributed by atoms with E-state index in [9.17, 15) is 4.39 Å². The van der Waals surface area contributed by atoms with E-state index < -0.39 is 5.82 Å². The van der Waals surface area contributed by atoms with E-state index in [1.807, 2.05) is 17.8 Å². The summed E-state index contributed by atoms with van der Waals surface area (Å²) in [5.74, 6) is 0.752. The molecule has 1 fully saturated rings. The molecule has 1 aliphatic rings. The van der Waals surface area contributed by atoms with Crippen LogP contribution in [-0.4, -0.2) is 17.0 Å². The Balaban J connectivity index is 2.00. The van der Waals surface area contributed by atoms with Gasteiger partial charge in [-0.1, -0.05) is 0 Å². The fourth-order valence-corrected chi connectivity index (χ4v) is 3.23. The molecule has 90 valence electrons. The van der Waals surface area contributed by atoms with Crippen LogP contribution < -0.4 is 5.32 Å². The highest BCUT2D eigenvalue weighted by Gasteiger charge is 2.28. The van der Waals surface area contributed by atoms with E-state index in [-0.39, 0.29) is 10.3 Å². The normalized spacial score (nSPS) is 23.4. The predicted molar refractivity (Wildman–Crippen MR) is 69.7 cm³/mol. The lowest BCUT2D eigenvalue weighted by molar-refractivity contribution is 0.621. The number of nitriles is 1. The Bertz CT molecular complexity index is 447. The van der Waals surface area contributed by atoms with Crippen molar-refractivity contribution in [2.24, 2.45) is 0 Å². The van der Waals surface area contributed by atoms with Crippen molar-refractivity contribution in [1.29, 1.82) is 5.26 Å². The van der Waals surface area contributed by atoms with Gasteiger partial charge in [0.05, 0.1) is 5.56 Å². The van der Waals surface area contributed by atoms with Gasteiger partial charge in [-0.3, -0.25) is 0 Å². The maximum Gasteiger partial charge on any atom is 0.143 e. The summed E-state index contributed by atoms with van der Waals surface area (Å²) < 4.78 is 13.6. The number of rotatable bonds is 3. The minimum Gasteiger partial charge on any atom is -0.384 e. The standard InChI is InChI=1S/C13H15FN2S/c1-13(5-2-6-17-13)9-16-11-4-3-10(8-15)12(14)7-11/h3-4,7,16H,2,5-6,9H2,1H3. The second-order valence-electron chi connectivity index (χ2n) is 4.56. The Labute approximate surface area is 105 Å². The Hall–Kier alpha value is -1.21. The molecule has 1 aromatic rings. The molecule has 0 aromatic heterocycles. The number of hydrogen-bond donors (Lipinski definition) is 1. The van der Waals surface area contributed by atoms with Gasteiger partial charge in [-0.2, -0.15) is 17.0 Å². The Morgan fingerprint density at radius 3 is 3.00 bits per heavy atom. The molecule has 1 unspecified atom stereocenters. The van der Waals surface area contributed by atoms with Crippen LogP contribution >= 0.6 is 11.8 Å². The summed E-state index contributed by atoms with van der Waals surface area (Å²) in [6.07, 6.45) is 2.45. The molecule has 0 saturated carbocycles. The van der Waals surface area contributed by atoms with Gasteiger partial charge in [0.15, 0.2) is 0 Å². The van der Waals surface area contributed by atoms with Crippen molar-refractivity contribution < 1.29 is 4.39 Å². The molecule has 1 atom stereocenters. The number of anilines is 1. The lowest BCUT2D eigenvalue weighted by atomic mass is 10.1. The first kappa shape index (κ1) is 12.3. The first-order valence-electron chi connectivity index (χ1n) is 5.70. The van der Waals surface area contributed by atoms with Crippen LogP contribution in [0.15, 0.2) is 18.2 Å². The molecule has 1 aliphatic heterocycles. The zero-order valence-electron chi connectivity index (χ0n) is 9.79. The molecule has 0 radical (unpaired) electrons. The Morgan fingerprint density at radius 2 is 2.41 bits per heavy atom. The van der Waals surface area contributed by atoms with Crippen molar-refractivity contribution in [3.63, 3.8) is 0 Å². The number of thioether (sulfide) groups is 1. The maximum absolute atomic E-state index is 13.4. The molecule has 2 nitrogen and oxygen atoms in total. The third-order valence-corrected chi connectivity index (χ3v) is 4.59. The topological polar surface area (TPSA) is 35.8 Å².